The lowest BCUT2D eigenvalue weighted by Gasteiger charge is -2.34. The molecule has 2 aliphatic rings. The van der Waals surface area contributed by atoms with Gasteiger partial charge in [-0.1, -0.05) is 6.92 Å². The van der Waals surface area contributed by atoms with Crippen LogP contribution >= 0.6 is 0 Å². The van der Waals surface area contributed by atoms with E-state index in [1.54, 1.807) is 0 Å². The Balaban J connectivity index is 1.69. The van der Waals surface area contributed by atoms with E-state index in [-0.39, 0.29) is 6.10 Å². The summed E-state index contributed by atoms with van der Waals surface area (Å²) in [6.07, 6.45) is 4.37. The van der Waals surface area contributed by atoms with E-state index in [0.29, 0.717) is 19.2 Å². The van der Waals surface area contributed by atoms with E-state index in [1.165, 1.54) is 38.9 Å². The number of aliphatic hydroxyl groups is 1. The summed E-state index contributed by atoms with van der Waals surface area (Å²) in [5.41, 5.74) is -0.652. The minimum atomic E-state index is -0.652. The summed E-state index contributed by atoms with van der Waals surface area (Å²) in [5.74, 6) is 0. The number of likely N-dealkylation sites (tertiary alicyclic amines) is 1. The molecule has 0 bridgehead atoms. The summed E-state index contributed by atoms with van der Waals surface area (Å²) in [6.45, 7) is 9.17. The first kappa shape index (κ1) is 14.3. The number of ether oxygens (including phenoxy) is 1. The van der Waals surface area contributed by atoms with Gasteiger partial charge < -0.3 is 20.1 Å². The SMILES string of the molecule is CCCN1CCC(NCC2(O)CCOC2C)CC1. The van der Waals surface area contributed by atoms with Crippen molar-refractivity contribution < 1.29 is 9.84 Å². The number of rotatable bonds is 5. The Morgan fingerprint density at radius 2 is 2.11 bits per heavy atom. The average Bonchev–Trinajstić information content (AvgIpc) is 2.70. The minimum Gasteiger partial charge on any atom is -0.386 e. The molecule has 0 radical (unpaired) electrons. The van der Waals surface area contributed by atoms with Crippen LogP contribution in [-0.4, -0.2) is 60.5 Å². The maximum Gasteiger partial charge on any atom is 0.105 e. The maximum absolute atomic E-state index is 10.4. The largest absolute Gasteiger partial charge is 0.386 e. The van der Waals surface area contributed by atoms with Crippen molar-refractivity contribution in [3.8, 4) is 0 Å². The van der Waals surface area contributed by atoms with Crippen LogP contribution in [0.3, 0.4) is 0 Å². The van der Waals surface area contributed by atoms with E-state index in [4.69, 9.17) is 4.74 Å². The minimum absolute atomic E-state index is 0.0369. The lowest BCUT2D eigenvalue weighted by Crippen LogP contribution is -2.51. The summed E-state index contributed by atoms with van der Waals surface area (Å²) in [6, 6.07) is 0.565. The van der Waals surface area contributed by atoms with Crippen molar-refractivity contribution in [2.24, 2.45) is 0 Å². The molecule has 0 aromatic rings. The molecule has 2 heterocycles. The van der Waals surface area contributed by atoms with Crippen LogP contribution in [0.2, 0.25) is 0 Å². The van der Waals surface area contributed by atoms with Crippen molar-refractivity contribution in [3.05, 3.63) is 0 Å². The highest BCUT2D eigenvalue weighted by molar-refractivity contribution is 4.93. The van der Waals surface area contributed by atoms with Crippen molar-refractivity contribution in [1.29, 1.82) is 0 Å². The van der Waals surface area contributed by atoms with E-state index in [9.17, 15) is 5.11 Å². The van der Waals surface area contributed by atoms with Crippen LogP contribution < -0.4 is 5.32 Å². The third-order valence-electron chi connectivity index (χ3n) is 4.48. The fraction of sp³-hybridized carbons (Fsp3) is 1.00. The van der Waals surface area contributed by atoms with Gasteiger partial charge in [0.25, 0.3) is 0 Å². The number of nitrogens with zero attached hydrogens (tertiary/aromatic N) is 1. The third kappa shape index (κ3) is 3.44. The fourth-order valence-electron chi connectivity index (χ4n) is 3.00. The van der Waals surface area contributed by atoms with Gasteiger partial charge in [0, 0.05) is 25.6 Å². The van der Waals surface area contributed by atoms with Gasteiger partial charge in [0.1, 0.15) is 5.60 Å². The molecule has 18 heavy (non-hydrogen) atoms. The first-order valence-electron chi connectivity index (χ1n) is 7.44. The first-order chi connectivity index (χ1) is 8.64. The molecule has 2 unspecified atom stereocenters. The van der Waals surface area contributed by atoms with Crippen LogP contribution in [0.5, 0.6) is 0 Å². The summed E-state index contributed by atoms with van der Waals surface area (Å²) in [5, 5.41) is 14.0. The van der Waals surface area contributed by atoms with Crippen LogP contribution in [0.4, 0.5) is 0 Å². The zero-order chi connectivity index (χ0) is 13.0. The molecule has 0 aromatic carbocycles. The normalized spacial score (nSPS) is 35.2. The zero-order valence-corrected chi connectivity index (χ0v) is 11.8. The van der Waals surface area contributed by atoms with Crippen molar-refractivity contribution in [3.63, 3.8) is 0 Å². The molecule has 0 saturated carbocycles. The number of hydrogen-bond acceptors (Lipinski definition) is 4. The quantitative estimate of drug-likeness (QED) is 0.770. The molecule has 4 nitrogen and oxygen atoms in total. The van der Waals surface area contributed by atoms with Gasteiger partial charge in [-0.05, 0) is 45.8 Å². The Morgan fingerprint density at radius 3 is 2.67 bits per heavy atom. The van der Waals surface area contributed by atoms with E-state index in [0.717, 1.165) is 6.42 Å². The lowest BCUT2D eigenvalue weighted by atomic mass is 9.95. The Hall–Kier alpha value is -0.160. The predicted octanol–water partition coefficient (Wildman–Crippen LogP) is 0.990. The Morgan fingerprint density at radius 1 is 1.39 bits per heavy atom. The molecular weight excluding hydrogens is 228 g/mol. The van der Waals surface area contributed by atoms with Crippen LogP contribution in [0.15, 0.2) is 0 Å². The molecular formula is C14H28N2O2. The summed E-state index contributed by atoms with van der Waals surface area (Å²) >= 11 is 0. The number of hydrogen-bond donors (Lipinski definition) is 2. The second-order valence-electron chi connectivity index (χ2n) is 5.86. The van der Waals surface area contributed by atoms with E-state index in [1.807, 2.05) is 6.92 Å². The first-order valence-corrected chi connectivity index (χ1v) is 7.44. The molecule has 0 amide bonds. The molecule has 2 saturated heterocycles. The molecule has 2 atom stereocenters. The average molecular weight is 256 g/mol. The van der Waals surface area contributed by atoms with Crippen LogP contribution in [0, 0.1) is 0 Å². The van der Waals surface area contributed by atoms with Gasteiger partial charge in [0.05, 0.1) is 6.10 Å². The highest BCUT2D eigenvalue weighted by atomic mass is 16.5. The van der Waals surface area contributed by atoms with Crippen LogP contribution in [0.25, 0.3) is 0 Å². The molecule has 106 valence electrons. The molecule has 2 rings (SSSR count). The lowest BCUT2D eigenvalue weighted by molar-refractivity contribution is -0.0287. The molecule has 2 fully saturated rings. The molecule has 0 aliphatic carbocycles. The number of piperidine rings is 1. The number of nitrogens with one attached hydrogen (secondary N) is 1. The van der Waals surface area contributed by atoms with Crippen LogP contribution in [0.1, 0.15) is 39.5 Å². The smallest absolute Gasteiger partial charge is 0.105 e. The third-order valence-corrected chi connectivity index (χ3v) is 4.48. The highest BCUT2D eigenvalue weighted by Gasteiger charge is 2.39. The van der Waals surface area contributed by atoms with Crippen molar-refractivity contribution in [1.82, 2.24) is 10.2 Å². The van der Waals surface area contributed by atoms with E-state index in [2.05, 4.69) is 17.1 Å². The summed E-state index contributed by atoms with van der Waals surface area (Å²) in [4.78, 5) is 2.54. The van der Waals surface area contributed by atoms with E-state index < -0.39 is 5.60 Å². The van der Waals surface area contributed by atoms with Gasteiger partial charge >= 0.3 is 0 Å². The molecule has 2 aliphatic heterocycles. The second-order valence-corrected chi connectivity index (χ2v) is 5.86. The summed E-state index contributed by atoms with van der Waals surface area (Å²) < 4.78 is 5.46. The van der Waals surface area contributed by atoms with Crippen molar-refractivity contribution in [2.45, 2.75) is 57.3 Å². The van der Waals surface area contributed by atoms with Gasteiger partial charge in [-0.15, -0.1) is 0 Å². The molecule has 4 heteroatoms. The van der Waals surface area contributed by atoms with E-state index >= 15 is 0 Å². The fourth-order valence-corrected chi connectivity index (χ4v) is 3.00. The molecule has 2 N–H and O–H groups in total. The summed E-state index contributed by atoms with van der Waals surface area (Å²) in [7, 11) is 0. The van der Waals surface area contributed by atoms with Gasteiger partial charge in [0.2, 0.25) is 0 Å². The molecule has 0 spiro atoms. The highest BCUT2D eigenvalue weighted by Crippen LogP contribution is 2.25. The van der Waals surface area contributed by atoms with Gasteiger partial charge in [-0.2, -0.15) is 0 Å². The van der Waals surface area contributed by atoms with Gasteiger partial charge in [-0.3, -0.25) is 0 Å². The molecule has 0 aromatic heterocycles. The Kier molecular flexibility index (Phi) is 5.01. The van der Waals surface area contributed by atoms with Gasteiger partial charge in [0.15, 0.2) is 0 Å². The Labute approximate surface area is 111 Å². The predicted molar refractivity (Wildman–Crippen MR) is 72.7 cm³/mol. The topological polar surface area (TPSA) is 44.7 Å². The van der Waals surface area contributed by atoms with Crippen LogP contribution in [-0.2, 0) is 4.74 Å². The zero-order valence-electron chi connectivity index (χ0n) is 11.8. The Bertz CT molecular complexity index is 254. The van der Waals surface area contributed by atoms with Crippen molar-refractivity contribution in [2.75, 3.05) is 32.8 Å². The second kappa shape index (κ2) is 6.33. The standard InChI is InChI=1S/C14H28N2O2/c1-3-7-16-8-4-13(5-9-16)15-11-14(17)6-10-18-12(14)2/h12-13,15,17H,3-11H2,1-2H3. The maximum atomic E-state index is 10.4. The van der Waals surface area contributed by atoms with Gasteiger partial charge in [-0.25, -0.2) is 0 Å². The monoisotopic (exact) mass is 256 g/mol. The van der Waals surface area contributed by atoms with Crippen molar-refractivity contribution >= 4 is 0 Å².